The Labute approximate surface area is 110 Å². The number of aliphatic hydroxyl groups excluding tert-OH is 2. The molecule has 1 aromatic carbocycles. The Morgan fingerprint density at radius 2 is 2.11 bits per heavy atom. The highest BCUT2D eigenvalue weighted by atomic mass is 16.6. The highest BCUT2D eigenvalue weighted by Gasteiger charge is 2.21. The number of nitro benzene ring substituents is 1. The van der Waals surface area contributed by atoms with Crippen molar-refractivity contribution in [3.63, 3.8) is 0 Å². The standard InChI is InChI=1S/C12H16N2O5/c1-13-3-2-11(16)12(17)9-4-8(7-15)5-10(6-9)14(18)19/h4-7,11-13,16-17H,2-3H2,1H3. The molecule has 7 heteroatoms. The molecule has 19 heavy (non-hydrogen) atoms. The fourth-order valence-corrected chi connectivity index (χ4v) is 1.68. The van der Waals surface area contributed by atoms with E-state index in [-0.39, 0.29) is 23.2 Å². The summed E-state index contributed by atoms with van der Waals surface area (Å²) < 4.78 is 0. The van der Waals surface area contributed by atoms with Gasteiger partial charge in [-0.3, -0.25) is 14.9 Å². The third-order valence-corrected chi connectivity index (χ3v) is 2.71. The van der Waals surface area contributed by atoms with Crippen molar-refractivity contribution >= 4 is 12.0 Å². The molecule has 0 aliphatic carbocycles. The van der Waals surface area contributed by atoms with Crippen molar-refractivity contribution in [1.29, 1.82) is 0 Å². The van der Waals surface area contributed by atoms with Crippen molar-refractivity contribution in [2.45, 2.75) is 18.6 Å². The predicted octanol–water partition coefficient (Wildman–Crippen LogP) is 0.411. The lowest BCUT2D eigenvalue weighted by Crippen LogP contribution is -2.23. The maximum absolute atomic E-state index is 10.7. The van der Waals surface area contributed by atoms with Crippen LogP contribution in [0.3, 0.4) is 0 Å². The van der Waals surface area contributed by atoms with E-state index in [4.69, 9.17) is 0 Å². The number of nitrogens with one attached hydrogen (secondary N) is 1. The lowest BCUT2D eigenvalue weighted by atomic mass is 9.99. The number of carbonyl (C=O) groups excluding carboxylic acids is 1. The van der Waals surface area contributed by atoms with Crippen LogP contribution in [-0.2, 0) is 0 Å². The van der Waals surface area contributed by atoms with Gasteiger partial charge in [0.25, 0.3) is 5.69 Å². The van der Waals surface area contributed by atoms with Gasteiger partial charge in [-0.05, 0) is 31.6 Å². The van der Waals surface area contributed by atoms with E-state index in [1.54, 1.807) is 7.05 Å². The third kappa shape index (κ3) is 4.09. The van der Waals surface area contributed by atoms with Crippen LogP contribution in [0, 0.1) is 10.1 Å². The number of nitrogens with zero attached hydrogens (tertiary/aromatic N) is 1. The molecular formula is C12H16N2O5. The van der Waals surface area contributed by atoms with Crippen molar-refractivity contribution in [2.75, 3.05) is 13.6 Å². The Kier molecular flexibility index (Phi) is 5.56. The average Bonchev–Trinajstić information content (AvgIpc) is 2.43. The molecule has 2 unspecified atom stereocenters. The SMILES string of the molecule is CNCCC(O)C(O)c1cc(C=O)cc([N+](=O)[O-])c1. The monoisotopic (exact) mass is 268 g/mol. The van der Waals surface area contributed by atoms with Crippen molar-refractivity contribution < 1.29 is 19.9 Å². The largest absolute Gasteiger partial charge is 0.390 e. The molecule has 104 valence electrons. The first-order valence-electron chi connectivity index (χ1n) is 5.75. The van der Waals surface area contributed by atoms with Gasteiger partial charge in [-0.1, -0.05) is 0 Å². The molecule has 0 bridgehead atoms. The average molecular weight is 268 g/mol. The van der Waals surface area contributed by atoms with Crippen LogP contribution >= 0.6 is 0 Å². The zero-order valence-corrected chi connectivity index (χ0v) is 10.4. The zero-order chi connectivity index (χ0) is 14.4. The Morgan fingerprint density at radius 1 is 1.42 bits per heavy atom. The highest BCUT2D eigenvalue weighted by Crippen LogP contribution is 2.24. The summed E-state index contributed by atoms with van der Waals surface area (Å²) in [7, 11) is 1.71. The minimum Gasteiger partial charge on any atom is -0.390 e. The van der Waals surface area contributed by atoms with E-state index >= 15 is 0 Å². The van der Waals surface area contributed by atoms with Crippen LogP contribution in [0.2, 0.25) is 0 Å². The molecule has 3 N–H and O–H groups in total. The van der Waals surface area contributed by atoms with E-state index in [0.717, 1.165) is 12.1 Å². The first kappa shape index (κ1) is 15.2. The Morgan fingerprint density at radius 3 is 2.63 bits per heavy atom. The van der Waals surface area contributed by atoms with E-state index in [2.05, 4.69) is 5.32 Å². The Balaban J connectivity index is 3.01. The van der Waals surface area contributed by atoms with Gasteiger partial charge in [-0.25, -0.2) is 0 Å². The number of nitro groups is 1. The summed E-state index contributed by atoms with van der Waals surface area (Å²) in [4.78, 5) is 20.8. The van der Waals surface area contributed by atoms with Crippen LogP contribution in [0.1, 0.15) is 28.4 Å². The third-order valence-electron chi connectivity index (χ3n) is 2.71. The summed E-state index contributed by atoms with van der Waals surface area (Å²) in [5.74, 6) is 0. The highest BCUT2D eigenvalue weighted by molar-refractivity contribution is 5.76. The maximum Gasteiger partial charge on any atom is 0.270 e. The zero-order valence-electron chi connectivity index (χ0n) is 10.4. The molecule has 7 nitrogen and oxygen atoms in total. The molecule has 0 saturated carbocycles. The van der Waals surface area contributed by atoms with Crippen LogP contribution < -0.4 is 5.32 Å². The molecule has 0 heterocycles. The number of aliphatic hydroxyl groups is 2. The minimum absolute atomic E-state index is 0.0871. The van der Waals surface area contributed by atoms with Gasteiger partial charge in [0.1, 0.15) is 12.4 Å². The van der Waals surface area contributed by atoms with E-state index in [0.29, 0.717) is 12.8 Å². The number of non-ortho nitro benzene ring substituents is 1. The summed E-state index contributed by atoms with van der Waals surface area (Å²) in [5.41, 5.74) is -0.0524. The first-order chi connectivity index (χ1) is 8.99. The fourth-order valence-electron chi connectivity index (χ4n) is 1.68. The van der Waals surface area contributed by atoms with Crippen molar-refractivity contribution in [3.05, 3.63) is 39.4 Å². The maximum atomic E-state index is 10.7. The van der Waals surface area contributed by atoms with Crippen molar-refractivity contribution in [2.24, 2.45) is 0 Å². The normalized spacial score (nSPS) is 13.8. The number of rotatable bonds is 7. The summed E-state index contributed by atoms with van der Waals surface area (Å²) in [5, 5.41) is 33.2. The lowest BCUT2D eigenvalue weighted by molar-refractivity contribution is -0.385. The summed E-state index contributed by atoms with van der Waals surface area (Å²) in [6, 6.07) is 3.59. The van der Waals surface area contributed by atoms with Crippen LogP contribution in [0.15, 0.2) is 18.2 Å². The number of hydrogen-bond acceptors (Lipinski definition) is 6. The van der Waals surface area contributed by atoms with E-state index < -0.39 is 17.1 Å². The van der Waals surface area contributed by atoms with Crippen LogP contribution in [0.25, 0.3) is 0 Å². The number of benzene rings is 1. The van der Waals surface area contributed by atoms with Crippen molar-refractivity contribution in [3.8, 4) is 0 Å². The summed E-state index contributed by atoms with van der Waals surface area (Å²) in [6.45, 7) is 0.494. The molecule has 0 spiro atoms. The van der Waals surface area contributed by atoms with Gasteiger partial charge in [0.15, 0.2) is 0 Å². The van der Waals surface area contributed by atoms with Gasteiger partial charge in [0, 0.05) is 17.7 Å². The van der Waals surface area contributed by atoms with Gasteiger partial charge in [0.05, 0.1) is 11.0 Å². The second-order valence-electron chi connectivity index (χ2n) is 4.14. The Bertz CT molecular complexity index is 463. The van der Waals surface area contributed by atoms with E-state index in [1.165, 1.54) is 6.07 Å². The molecule has 2 atom stereocenters. The fraction of sp³-hybridized carbons (Fsp3) is 0.417. The smallest absolute Gasteiger partial charge is 0.270 e. The molecule has 0 radical (unpaired) electrons. The van der Waals surface area contributed by atoms with Crippen LogP contribution in [-0.4, -0.2) is 41.1 Å². The van der Waals surface area contributed by atoms with Gasteiger partial charge in [-0.2, -0.15) is 0 Å². The van der Waals surface area contributed by atoms with Crippen LogP contribution in [0.5, 0.6) is 0 Å². The number of carbonyl (C=O) groups is 1. The molecular weight excluding hydrogens is 252 g/mol. The van der Waals surface area contributed by atoms with Gasteiger partial charge in [-0.15, -0.1) is 0 Å². The van der Waals surface area contributed by atoms with Gasteiger partial charge >= 0.3 is 0 Å². The van der Waals surface area contributed by atoms with Gasteiger partial charge < -0.3 is 15.5 Å². The van der Waals surface area contributed by atoms with Crippen LogP contribution in [0.4, 0.5) is 5.69 Å². The molecule has 0 saturated heterocycles. The molecule has 0 aromatic heterocycles. The molecule has 0 amide bonds. The minimum atomic E-state index is -1.27. The molecule has 0 aliphatic heterocycles. The second-order valence-corrected chi connectivity index (χ2v) is 4.14. The summed E-state index contributed by atoms with van der Waals surface area (Å²) in [6.07, 6.45) is -1.58. The quantitative estimate of drug-likeness (QED) is 0.375. The number of hydrogen-bond donors (Lipinski definition) is 3. The van der Waals surface area contributed by atoms with E-state index in [1.807, 2.05) is 0 Å². The molecule has 0 fully saturated rings. The molecule has 1 aromatic rings. The topological polar surface area (TPSA) is 113 Å². The summed E-state index contributed by atoms with van der Waals surface area (Å²) >= 11 is 0. The van der Waals surface area contributed by atoms with E-state index in [9.17, 15) is 25.1 Å². The number of aldehydes is 1. The second kappa shape index (κ2) is 6.93. The van der Waals surface area contributed by atoms with Crippen molar-refractivity contribution in [1.82, 2.24) is 5.32 Å². The predicted molar refractivity (Wildman–Crippen MR) is 68.0 cm³/mol. The molecule has 0 aliphatic rings. The lowest BCUT2D eigenvalue weighted by Gasteiger charge is -2.18. The Hall–Kier alpha value is -1.83. The molecule has 1 rings (SSSR count). The van der Waals surface area contributed by atoms with Gasteiger partial charge in [0.2, 0.25) is 0 Å². The first-order valence-corrected chi connectivity index (χ1v) is 5.75.